The molecule has 0 bridgehead atoms. The number of ether oxygens (including phenoxy) is 2. The molecule has 2 aromatic heterocycles. The Labute approximate surface area is 174 Å². The number of carbonyl (C=O) groups is 2. The fourth-order valence-electron chi connectivity index (χ4n) is 2.92. The predicted molar refractivity (Wildman–Crippen MR) is 114 cm³/mol. The second-order valence-corrected chi connectivity index (χ2v) is 7.01. The van der Waals surface area contributed by atoms with Crippen molar-refractivity contribution in [2.24, 2.45) is 0 Å². The molecule has 2 amide bonds. The van der Waals surface area contributed by atoms with Gasteiger partial charge in [0.2, 0.25) is 0 Å². The van der Waals surface area contributed by atoms with E-state index in [1.807, 2.05) is 18.5 Å². The number of nitrogens with zero attached hydrogens (tertiary/aromatic N) is 3. The van der Waals surface area contributed by atoms with Crippen LogP contribution in [0.1, 0.15) is 35.9 Å². The van der Waals surface area contributed by atoms with Gasteiger partial charge in [0, 0.05) is 29.9 Å². The van der Waals surface area contributed by atoms with Crippen molar-refractivity contribution in [1.82, 2.24) is 14.8 Å². The molecular formula is C21H25N5O4. The quantitative estimate of drug-likeness (QED) is 0.573. The number of amides is 2. The average molecular weight is 411 g/mol. The Hall–Kier alpha value is -3.46. The maximum Gasteiger partial charge on any atom is 0.411 e. The van der Waals surface area contributed by atoms with Gasteiger partial charge in [-0.1, -0.05) is 6.07 Å². The smallest absolute Gasteiger partial charge is 0.411 e. The van der Waals surface area contributed by atoms with Crippen LogP contribution in [0.2, 0.25) is 0 Å². The van der Waals surface area contributed by atoms with Crippen LogP contribution in [-0.4, -0.2) is 47.1 Å². The summed E-state index contributed by atoms with van der Waals surface area (Å²) in [6, 6.07) is 8.76. The largest absolute Gasteiger partial charge is 0.447 e. The summed E-state index contributed by atoms with van der Waals surface area (Å²) in [4.78, 5) is 29.2. The number of methoxy groups -OCH3 is 1. The molecule has 2 heterocycles. The monoisotopic (exact) mass is 411 g/mol. The Morgan fingerprint density at radius 2 is 1.87 bits per heavy atom. The van der Waals surface area contributed by atoms with Crippen molar-refractivity contribution in [3.8, 4) is 0 Å². The van der Waals surface area contributed by atoms with Crippen molar-refractivity contribution in [2.45, 2.75) is 26.8 Å². The first kappa shape index (κ1) is 21.3. The Bertz CT molecular complexity index is 1060. The molecule has 1 aromatic carbocycles. The molecule has 0 unspecified atom stereocenters. The number of pyridine rings is 1. The second-order valence-electron chi connectivity index (χ2n) is 7.01. The standard InChI is InChI=1S/C21H25N5O4/c1-13(2)26-19-15(12-22-26)10-18(14(3)23-19)20(27)24-16-6-5-7-17(11-16)25-21(28)30-9-8-29-4/h5-7,10-13H,8-9H2,1-4H3,(H,24,27)(H,25,28). The normalized spacial score (nSPS) is 11.0. The highest BCUT2D eigenvalue weighted by Crippen LogP contribution is 2.21. The number of benzene rings is 1. The number of aryl methyl sites for hydroxylation is 1. The third kappa shape index (κ3) is 4.93. The molecular weight excluding hydrogens is 386 g/mol. The maximum atomic E-state index is 12.8. The van der Waals surface area contributed by atoms with Gasteiger partial charge in [-0.15, -0.1) is 0 Å². The van der Waals surface area contributed by atoms with Crippen molar-refractivity contribution < 1.29 is 19.1 Å². The van der Waals surface area contributed by atoms with Crippen molar-refractivity contribution >= 4 is 34.4 Å². The van der Waals surface area contributed by atoms with E-state index in [0.717, 1.165) is 11.0 Å². The van der Waals surface area contributed by atoms with Crippen LogP contribution in [0.15, 0.2) is 36.5 Å². The molecule has 30 heavy (non-hydrogen) atoms. The van der Waals surface area contributed by atoms with E-state index in [4.69, 9.17) is 9.47 Å². The molecule has 0 fully saturated rings. The van der Waals surface area contributed by atoms with Gasteiger partial charge >= 0.3 is 6.09 Å². The predicted octanol–water partition coefficient (Wildman–Crippen LogP) is 3.77. The van der Waals surface area contributed by atoms with Crippen molar-refractivity contribution in [1.29, 1.82) is 0 Å². The molecule has 9 heteroatoms. The van der Waals surface area contributed by atoms with Crippen LogP contribution in [-0.2, 0) is 9.47 Å². The summed E-state index contributed by atoms with van der Waals surface area (Å²) in [6.07, 6.45) is 1.11. The third-order valence-electron chi connectivity index (χ3n) is 4.38. The molecule has 0 aliphatic rings. The van der Waals surface area contributed by atoms with Gasteiger partial charge in [0.15, 0.2) is 5.65 Å². The Morgan fingerprint density at radius 3 is 2.57 bits per heavy atom. The minimum absolute atomic E-state index is 0.154. The van der Waals surface area contributed by atoms with Crippen LogP contribution >= 0.6 is 0 Å². The minimum Gasteiger partial charge on any atom is -0.447 e. The zero-order valence-corrected chi connectivity index (χ0v) is 17.4. The number of nitrogens with one attached hydrogen (secondary N) is 2. The van der Waals surface area contributed by atoms with E-state index < -0.39 is 6.09 Å². The molecule has 0 aliphatic carbocycles. The van der Waals surface area contributed by atoms with E-state index in [2.05, 4.69) is 20.7 Å². The van der Waals surface area contributed by atoms with Crippen LogP contribution in [0.25, 0.3) is 11.0 Å². The van der Waals surface area contributed by atoms with Gasteiger partial charge in [0.05, 0.1) is 24.1 Å². The first-order valence-electron chi connectivity index (χ1n) is 9.58. The Kier molecular flexibility index (Phi) is 6.63. The van der Waals surface area contributed by atoms with Gasteiger partial charge < -0.3 is 14.8 Å². The van der Waals surface area contributed by atoms with Crippen LogP contribution in [0, 0.1) is 6.92 Å². The molecule has 3 rings (SSSR count). The lowest BCUT2D eigenvalue weighted by Crippen LogP contribution is -2.17. The van der Waals surface area contributed by atoms with E-state index in [1.165, 1.54) is 7.11 Å². The minimum atomic E-state index is -0.594. The van der Waals surface area contributed by atoms with Crippen LogP contribution in [0.4, 0.5) is 16.2 Å². The number of hydrogen-bond acceptors (Lipinski definition) is 6. The van der Waals surface area contributed by atoms with Gasteiger partial charge in [-0.3, -0.25) is 10.1 Å². The summed E-state index contributed by atoms with van der Waals surface area (Å²) in [5, 5.41) is 10.6. The molecule has 9 nitrogen and oxygen atoms in total. The highest BCUT2D eigenvalue weighted by atomic mass is 16.6. The van der Waals surface area contributed by atoms with Gasteiger partial charge in [-0.2, -0.15) is 5.10 Å². The van der Waals surface area contributed by atoms with E-state index in [1.54, 1.807) is 43.5 Å². The average Bonchev–Trinajstić information content (AvgIpc) is 3.10. The number of hydrogen-bond donors (Lipinski definition) is 2. The summed E-state index contributed by atoms with van der Waals surface area (Å²) < 4.78 is 11.6. The molecule has 0 saturated heterocycles. The maximum absolute atomic E-state index is 12.8. The van der Waals surface area contributed by atoms with E-state index in [0.29, 0.717) is 29.2 Å². The summed E-state index contributed by atoms with van der Waals surface area (Å²) in [5.41, 5.74) is 2.85. The van der Waals surface area contributed by atoms with Crippen molar-refractivity contribution in [3.63, 3.8) is 0 Å². The highest BCUT2D eigenvalue weighted by Gasteiger charge is 2.16. The van der Waals surface area contributed by atoms with Crippen molar-refractivity contribution in [3.05, 3.63) is 47.8 Å². The van der Waals surface area contributed by atoms with Crippen LogP contribution in [0.3, 0.4) is 0 Å². The fourth-order valence-corrected chi connectivity index (χ4v) is 2.92. The van der Waals surface area contributed by atoms with Crippen LogP contribution < -0.4 is 10.6 Å². The van der Waals surface area contributed by atoms with E-state index >= 15 is 0 Å². The molecule has 0 atom stereocenters. The first-order valence-corrected chi connectivity index (χ1v) is 9.58. The van der Waals surface area contributed by atoms with Crippen LogP contribution in [0.5, 0.6) is 0 Å². The lowest BCUT2D eigenvalue weighted by Gasteiger charge is -2.11. The number of aromatic nitrogens is 3. The Balaban J connectivity index is 1.73. The summed E-state index contributed by atoms with van der Waals surface area (Å²) in [5.74, 6) is -0.293. The number of fused-ring (bicyclic) bond motifs is 1. The molecule has 2 N–H and O–H groups in total. The third-order valence-corrected chi connectivity index (χ3v) is 4.38. The lowest BCUT2D eigenvalue weighted by atomic mass is 10.1. The van der Waals surface area contributed by atoms with Crippen molar-refractivity contribution in [2.75, 3.05) is 31.0 Å². The first-order chi connectivity index (χ1) is 14.4. The highest BCUT2D eigenvalue weighted by molar-refractivity contribution is 6.06. The van der Waals surface area contributed by atoms with E-state index in [9.17, 15) is 9.59 Å². The van der Waals surface area contributed by atoms with Gasteiger partial charge in [0.1, 0.15) is 6.61 Å². The SMILES string of the molecule is COCCOC(=O)Nc1cccc(NC(=O)c2cc3cnn(C(C)C)c3nc2C)c1. The zero-order chi connectivity index (χ0) is 21.7. The van der Waals surface area contributed by atoms with Gasteiger partial charge in [-0.05, 0) is 45.0 Å². The molecule has 0 radical (unpaired) electrons. The summed E-state index contributed by atoms with van der Waals surface area (Å²) in [7, 11) is 1.53. The second kappa shape index (κ2) is 9.36. The topological polar surface area (TPSA) is 107 Å². The fraction of sp³-hybridized carbons (Fsp3) is 0.333. The zero-order valence-electron chi connectivity index (χ0n) is 17.4. The Morgan fingerprint density at radius 1 is 1.13 bits per heavy atom. The number of anilines is 2. The van der Waals surface area contributed by atoms with Gasteiger partial charge in [0.25, 0.3) is 5.91 Å². The molecule has 0 spiro atoms. The summed E-state index contributed by atoms with van der Waals surface area (Å²) in [6.45, 7) is 6.31. The number of rotatable bonds is 7. The molecule has 3 aromatic rings. The molecule has 0 saturated carbocycles. The van der Waals surface area contributed by atoms with Gasteiger partial charge in [-0.25, -0.2) is 14.5 Å². The summed E-state index contributed by atoms with van der Waals surface area (Å²) >= 11 is 0. The number of carbonyl (C=O) groups excluding carboxylic acids is 2. The molecule has 0 aliphatic heterocycles. The lowest BCUT2D eigenvalue weighted by molar-refractivity contribution is 0.102. The molecule has 158 valence electrons. The van der Waals surface area contributed by atoms with E-state index in [-0.39, 0.29) is 18.6 Å².